The molecule has 1 aliphatic heterocycles. The van der Waals surface area contributed by atoms with Crippen molar-refractivity contribution >= 4 is 10.0 Å². The average Bonchev–Trinajstić information content (AvgIpc) is 2.84. The summed E-state index contributed by atoms with van der Waals surface area (Å²) >= 11 is 0. The molecule has 112 valence electrons. The number of piperazine rings is 1. The van der Waals surface area contributed by atoms with E-state index in [2.05, 4.69) is 21.9 Å². The highest BCUT2D eigenvalue weighted by Crippen LogP contribution is 2.36. The Kier molecular flexibility index (Phi) is 5.22. The topological polar surface area (TPSA) is 61.4 Å². The van der Waals surface area contributed by atoms with Gasteiger partial charge in [0.2, 0.25) is 10.0 Å². The third kappa shape index (κ3) is 5.02. The predicted molar refractivity (Wildman–Crippen MR) is 77.7 cm³/mol. The zero-order valence-electron chi connectivity index (χ0n) is 12.0. The second kappa shape index (κ2) is 6.52. The number of sulfonamides is 1. The van der Waals surface area contributed by atoms with E-state index in [0.29, 0.717) is 13.1 Å². The quantitative estimate of drug-likeness (QED) is 0.743. The lowest BCUT2D eigenvalue weighted by Crippen LogP contribution is -2.46. The summed E-state index contributed by atoms with van der Waals surface area (Å²) in [6.07, 6.45) is 4.76. The van der Waals surface area contributed by atoms with Gasteiger partial charge in [-0.05, 0) is 18.3 Å². The highest BCUT2D eigenvalue weighted by molar-refractivity contribution is 7.89. The third-order valence-corrected chi connectivity index (χ3v) is 5.72. The molecule has 1 heterocycles. The fraction of sp³-hybridized carbons (Fsp3) is 1.00. The first kappa shape index (κ1) is 15.2. The molecule has 0 atom stereocenters. The number of hydrogen-bond donors (Lipinski definition) is 2. The van der Waals surface area contributed by atoms with Gasteiger partial charge < -0.3 is 5.32 Å². The van der Waals surface area contributed by atoms with Crippen LogP contribution in [0, 0.1) is 5.41 Å². The summed E-state index contributed by atoms with van der Waals surface area (Å²) < 4.78 is 26.8. The Labute approximate surface area is 117 Å². The lowest BCUT2D eigenvalue weighted by molar-refractivity contribution is 0.253. The largest absolute Gasteiger partial charge is 0.314 e. The Hall–Kier alpha value is -0.170. The highest BCUT2D eigenvalue weighted by Gasteiger charge is 2.29. The maximum atomic E-state index is 12.0. The minimum absolute atomic E-state index is 0.183. The molecule has 0 spiro atoms. The summed E-state index contributed by atoms with van der Waals surface area (Å²) in [5.41, 5.74) is 0.183. The smallest absolute Gasteiger partial charge is 0.212 e. The summed E-state index contributed by atoms with van der Waals surface area (Å²) in [6, 6.07) is 0. The second-order valence-corrected chi connectivity index (χ2v) is 8.18. The van der Waals surface area contributed by atoms with E-state index in [1.165, 1.54) is 12.8 Å². The zero-order chi connectivity index (χ0) is 13.8. The average molecular weight is 289 g/mol. The third-order valence-electron chi connectivity index (χ3n) is 4.42. The van der Waals surface area contributed by atoms with Gasteiger partial charge in [0, 0.05) is 39.3 Å². The van der Waals surface area contributed by atoms with E-state index in [0.717, 1.165) is 39.0 Å². The molecule has 2 N–H and O–H groups in total. The van der Waals surface area contributed by atoms with Crippen molar-refractivity contribution in [2.45, 2.75) is 32.6 Å². The molecular formula is C13H27N3O2S. The van der Waals surface area contributed by atoms with Crippen LogP contribution < -0.4 is 10.0 Å². The van der Waals surface area contributed by atoms with E-state index in [9.17, 15) is 8.42 Å². The minimum atomic E-state index is -3.12. The van der Waals surface area contributed by atoms with Crippen LogP contribution in [0.2, 0.25) is 0 Å². The van der Waals surface area contributed by atoms with Crippen LogP contribution >= 0.6 is 0 Å². The number of nitrogens with zero attached hydrogens (tertiary/aromatic N) is 1. The molecule has 6 heteroatoms. The molecular weight excluding hydrogens is 262 g/mol. The van der Waals surface area contributed by atoms with Crippen molar-refractivity contribution < 1.29 is 8.42 Å². The number of nitrogens with one attached hydrogen (secondary N) is 2. The van der Waals surface area contributed by atoms with Gasteiger partial charge in [0.15, 0.2) is 0 Å². The lowest BCUT2D eigenvalue weighted by Gasteiger charge is -2.27. The van der Waals surface area contributed by atoms with Crippen LogP contribution in [0.4, 0.5) is 0 Å². The molecule has 0 aromatic heterocycles. The van der Waals surface area contributed by atoms with Gasteiger partial charge >= 0.3 is 0 Å². The van der Waals surface area contributed by atoms with Gasteiger partial charge in [0.1, 0.15) is 0 Å². The second-order valence-electron chi connectivity index (χ2n) is 6.25. The van der Waals surface area contributed by atoms with E-state index in [-0.39, 0.29) is 11.2 Å². The van der Waals surface area contributed by atoms with Gasteiger partial charge in [0.25, 0.3) is 0 Å². The van der Waals surface area contributed by atoms with Crippen molar-refractivity contribution in [3.63, 3.8) is 0 Å². The molecule has 1 aliphatic carbocycles. The van der Waals surface area contributed by atoms with Crippen molar-refractivity contribution in [3.8, 4) is 0 Å². The lowest BCUT2D eigenvalue weighted by atomic mass is 9.89. The summed E-state index contributed by atoms with van der Waals surface area (Å²) in [4.78, 5) is 2.22. The molecule has 5 nitrogen and oxygen atoms in total. The Morgan fingerprint density at radius 1 is 1.21 bits per heavy atom. The van der Waals surface area contributed by atoms with Crippen LogP contribution in [0.3, 0.4) is 0 Å². The first-order chi connectivity index (χ1) is 8.99. The van der Waals surface area contributed by atoms with Crippen LogP contribution in [0.25, 0.3) is 0 Å². The van der Waals surface area contributed by atoms with Crippen molar-refractivity contribution in [1.29, 1.82) is 0 Å². The normalized spacial score (nSPS) is 24.7. The standard InChI is InChI=1S/C13H27N3O2S/c1-13(4-2-3-5-13)12-15-19(17,18)11-10-16-8-6-14-7-9-16/h14-15H,2-12H2,1H3. The first-order valence-corrected chi connectivity index (χ1v) is 9.05. The van der Waals surface area contributed by atoms with E-state index in [1.807, 2.05) is 0 Å². The van der Waals surface area contributed by atoms with Crippen LogP contribution in [0.1, 0.15) is 32.6 Å². The maximum Gasteiger partial charge on any atom is 0.212 e. The predicted octanol–water partition coefficient (Wildman–Crippen LogP) is 0.391. The molecule has 1 saturated carbocycles. The Morgan fingerprint density at radius 2 is 1.84 bits per heavy atom. The zero-order valence-corrected chi connectivity index (χ0v) is 12.8. The monoisotopic (exact) mass is 289 g/mol. The van der Waals surface area contributed by atoms with Gasteiger partial charge in [-0.3, -0.25) is 4.90 Å². The van der Waals surface area contributed by atoms with Gasteiger partial charge in [-0.25, -0.2) is 13.1 Å². The van der Waals surface area contributed by atoms with Crippen LogP contribution in [0.15, 0.2) is 0 Å². The molecule has 0 unspecified atom stereocenters. The van der Waals surface area contributed by atoms with E-state index < -0.39 is 10.0 Å². The van der Waals surface area contributed by atoms with E-state index in [4.69, 9.17) is 0 Å². The van der Waals surface area contributed by atoms with Crippen LogP contribution in [-0.4, -0.2) is 58.3 Å². The van der Waals surface area contributed by atoms with Gasteiger partial charge in [-0.2, -0.15) is 0 Å². The van der Waals surface area contributed by atoms with Crippen molar-refractivity contribution in [3.05, 3.63) is 0 Å². The summed E-state index contributed by atoms with van der Waals surface area (Å²) in [6.45, 7) is 7.28. The van der Waals surface area contributed by atoms with Crippen molar-refractivity contribution in [2.75, 3.05) is 45.0 Å². The molecule has 1 saturated heterocycles. The van der Waals surface area contributed by atoms with Gasteiger partial charge in [-0.15, -0.1) is 0 Å². The Morgan fingerprint density at radius 3 is 2.47 bits per heavy atom. The molecule has 0 bridgehead atoms. The highest BCUT2D eigenvalue weighted by atomic mass is 32.2. The Balaban J connectivity index is 1.72. The SMILES string of the molecule is CC1(CNS(=O)(=O)CCN2CCNCC2)CCCC1. The summed E-state index contributed by atoms with van der Waals surface area (Å²) in [5.74, 6) is 0.225. The van der Waals surface area contributed by atoms with Crippen LogP contribution in [-0.2, 0) is 10.0 Å². The molecule has 0 radical (unpaired) electrons. The molecule has 0 aromatic carbocycles. The molecule has 0 amide bonds. The fourth-order valence-corrected chi connectivity index (χ4v) is 4.16. The van der Waals surface area contributed by atoms with Gasteiger partial charge in [-0.1, -0.05) is 19.8 Å². The molecule has 2 rings (SSSR count). The molecule has 2 aliphatic rings. The summed E-state index contributed by atoms with van der Waals surface area (Å²) in [7, 11) is -3.12. The van der Waals surface area contributed by atoms with Crippen molar-refractivity contribution in [1.82, 2.24) is 14.9 Å². The summed E-state index contributed by atoms with van der Waals surface area (Å²) in [5, 5.41) is 3.27. The fourth-order valence-electron chi connectivity index (χ4n) is 2.95. The number of hydrogen-bond acceptors (Lipinski definition) is 4. The Bertz CT molecular complexity index is 371. The van der Waals surface area contributed by atoms with Crippen molar-refractivity contribution in [2.24, 2.45) is 5.41 Å². The minimum Gasteiger partial charge on any atom is -0.314 e. The van der Waals surface area contributed by atoms with E-state index in [1.54, 1.807) is 0 Å². The van der Waals surface area contributed by atoms with Crippen LogP contribution in [0.5, 0.6) is 0 Å². The molecule has 0 aromatic rings. The maximum absolute atomic E-state index is 12.0. The number of rotatable bonds is 6. The molecule has 19 heavy (non-hydrogen) atoms. The molecule has 2 fully saturated rings. The first-order valence-electron chi connectivity index (χ1n) is 7.40. The van der Waals surface area contributed by atoms with E-state index >= 15 is 0 Å². The van der Waals surface area contributed by atoms with Gasteiger partial charge in [0.05, 0.1) is 5.75 Å².